The lowest BCUT2D eigenvalue weighted by Crippen LogP contribution is -2.42. The normalized spacial score (nSPS) is 11.0. The fourth-order valence-corrected chi connectivity index (χ4v) is 3.07. The van der Waals surface area contributed by atoms with Crippen LogP contribution in [0.15, 0.2) is 54.9 Å². The van der Waals surface area contributed by atoms with Gasteiger partial charge in [0.2, 0.25) is 0 Å². The van der Waals surface area contributed by atoms with Crippen molar-refractivity contribution in [3.05, 3.63) is 66.0 Å². The largest absolute Gasteiger partial charge is 0.492 e. The van der Waals surface area contributed by atoms with Gasteiger partial charge < -0.3 is 30.1 Å². The van der Waals surface area contributed by atoms with Crippen molar-refractivity contribution in [2.75, 3.05) is 26.2 Å². The third-order valence-electron chi connectivity index (χ3n) is 5.14. The molecule has 0 bridgehead atoms. The van der Waals surface area contributed by atoms with E-state index < -0.39 is 36.4 Å². The van der Waals surface area contributed by atoms with Crippen LogP contribution in [0.3, 0.4) is 0 Å². The molecule has 2 aromatic rings. The Morgan fingerprint density at radius 3 is 2.03 bits per heavy atom. The van der Waals surface area contributed by atoms with Crippen molar-refractivity contribution in [3.8, 4) is 5.75 Å². The lowest BCUT2D eigenvalue weighted by molar-refractivity contribution is -0.170. The number of carbonyl (C=O) groups excluding carboxylic acids is 1. The van der Waals surface area contributed by atoms with Gasteiger partial charge in [-0.25, -0.2) is 4.79 Å². The van der Waals surface area contributed by atoms with Crippen molar-refractivity contribution in [3.63, 3.8) is 0 Å². The van der Waals surface area contributed by atoms with Crippen molar-refractivity contribution in [2.45, 2.75) is 32.3 Å². The minimum Gasteiger partial charge on any atom is -0.492 e. The molecule has 0 amide bonds. The van der Waals surface area contributed by atoms with Crippen LogP contribution in [0.1, 0.15) is 42.6 Å². The summed E-state index contributed by atoms with van der Waals surface area (Å²) in [7, 11) is 0. The van der Waals surface area contributed by atoms with Gasteiger partial charge in [0.05, 0.1) is 12.8 Å². The summed E-state index contributed by atoms with van der Waals surface area (Å²) in [4.78, 5) is 48.9. The average molecular weight is 517 g/mol. The van der Waals surface area contributed by atoms with E-state index in [1.54, 1.807) is 36.7 Å². The number of likely N-dealkylation sites (N-methyl/N-ethyl adjacent to an activating group) is 1. The standard InChI is InChI=1S/C20H24N2O2.C6H8O7/c1-3-22(4-2)15-16-24-20-8-6-5-7-18(20)9-10-19(23)17-11-13-21-14-12-17;7-3(8)1-6(13,5(11)12)2-4(9)10/h5-14H,3-4,15-16H2,1-2H3;13H,1-2H2,(H,7,8)(H,9,10)(H,11,12)/b10-9+;. The third kappa shape index (κ3) is 11.5. The van der Waals surface area contributed by atoms with Crippen LogP contribution in [0.25, 0.3) is 6.08 Å². The molecule has 37 heavy (non-hydrogen) atoms. The highest BCUT2D eigenvalue weighted by atomic mass is 16.5. The maximum Gasteiger partial charge on any atom is 0.336 e. The van der Waals surface area contributed by atoms with E-state index in [9.17, 15) is 19.2 Å². The molecule has 200 valence electrons. The summed E-state index contributed by atoms with van der Waals surface area (Å²) in [5.41, 5.74) is -1.21. The Labute approximate surface area is 214 Å². The summed E-state index contributed by atoms with van der Waals surface area (Å²) in [6.45, 7) is 7.84. The molecule has 0 aliphatic rings. The molecule has 0 saturated carbocycles. The van der Waals surface area contributed by atoms with Crippen LogP contribution < -0.4 is 4.74 Å². The number of nitrogens with zero attached hydrogens (tertiary/aromatic N) is 2. The quantitative estimate of drug-likeness (QED) is 0.214. The zero-order valence-electron chi connectivity index (χ0n) is 20.7. The second kappa shape index (κ2) is 15.8. The third-order valence-corrected chi connectivity index (χ3v) is 5.14. The Balaban J connectivity index is 0.000000448. The minimum atomic E-state index is -2.74. The fourth-order valence-electron chi connectivity index (χ4n) is 3.07. The van der Waals surface area contributed by atoms with E-state index in [4.69, 9.17) is 25.2 Å². The van der Waals surface area contributed by atoms with Crippen molar-refractivity contribution in [1.82, 2.24) is 9.88 Å². The molecule has 0 spiro atoms. The number of hydrogen-bond acceptors (Lipinski definition) is 8. The molecular formula is C26H32N2O9. The predicted molar refractivity (Wildman–Crippen MR) is 134 cm³/mol. The first-order valence-electron chi connectivity index (χ1n) is 11.5. The number of carbonyl (C=O) groups is 4. The summed E-state index contributed by atoms with van der Waals surface area (Å²) < 4.78 is 5.90. The van der Waals surface area contributed by atoms with Crippen molar-refractivity contribution >= 4 is 29.8 Å². The number of ether oxygens (including phenoxy) is 1. The van der Waals surface area contributed by atoms with Gasteiger partial charge in [0, 0.05) is 30.1 Å². The highest BCUT2D eigenvalue weighted by molar-refractivity contribution is 6.06. The van der Waals surface area contributed by atoms with Gasteiger partial charge in [-0.3, -0.25) is 19.4 Å². The van der Waals surface area contributed by atoms with Gasteiger partial charge in [0.15, 0.2) is 11.4 Å². The molecule has 1 heterocycles. The molecule has 4 N–H and O–H groups in total. The van der Waals surface area contributed by atoms with E-state index in [1.165, 1.54) is 0 Å². The number of para-hydroxylation sites is 1. The van der Waals surface area contributed by atoms with Gasteiger partial charge in [-0.05, 0) is 43.4 Å². The molecule has 0 atom stereocenters. The van der Waals surface area contributed by atoms with Crippen LogP contribution in [-0.2, 0) is 14.4 Å². The highest BCUT2D eigenvalue weighted by Crippen LogP contribution is 2.20. The Hall–Kier alpha value is -4.09. The first kappa shape index (κ1) is 30.9. The number of carboxylic acids is 3. The monoisotopic (exact) mass is 516 g/mol. The Kier molecular flexibility index (Phi) is 13.2. The smallest absolute Gasteiger partial charge is 0.336 e. The number of allylic oxidation sites excluding steroid dienone is 1. The fraction of sp³-hybridized carbons (Fsp3) is 0.346. The van der Waals surface area contributed by atoms with E-state index in [1.807, 2.05) is 24.3 Å². The lowest BCUT2D eigenvalue weighted by atomic mass is 9.96. The molecule has 0 radical (unpaired) electrons. The first-order valence-corrected chi connectivity index (χ1v) is 11.5. The van der Waals surface area contributed by atoms with E-state index in [0.29, 0.717) is 12.2 Å². The van der Waals surface area contributed by atoms with Gasteiger partial charge in [-0.15, -0.1) is 0 Å². The molecule has 0 fully saturated rings. The van der Waals surface area contributed by atoms with Crippen LogP contribution in [-0.4, -0.2) is 85.8 Å². The molecule has 1 aromatic heterocycles. The van der Waals surface area contributed by atoms with Crippen LogP contribution in [0, 0.1) is 0 Å². The zero-order valence-corrected chi connectivity index (χ0v) is 20.7. The average Bonchev–Trinajstić information content (AvgIpc) is 2.85. The van der Waals surface area contributed by atoms with Gasteiger partial charge in [0.25, 0.3) is 0 Å². The maximum atomic E-state index is 12.1. The second-order valence-electron chi connectivity index (χ2n) is 7.82. The van der Waals surface area contributed by atoms with E-state index in [2.05, 4.69) is 23.7 Å². The minimum absolute atomic E-state index is 0.0460. The van der Waals surface area contributed by atoms with Crippen LogP contribution in [0.5, 0.6) is 5.75 Å². The lowest BCUT2D eigenvalue weighted by Gasteiger charge is -2.18. The van der Waals surface area contributed by atoms with E-state index in [-0.39, 0.29) is 5.78 Å². The summed E-state index contributed by atoms with van der Waals surface area (Å²) >= 11 is 0. The van der Waals surface area contributed by atoms with E-state index in [0.717, 1.165) is 30.9 Å². The summed E-state index contributed by atoms with van der Waals surface area (Å²) in [6.07, 6.45) is 4.32. The van der Waals surface area contributed by atoms with Gasteiger partial charge in [-0.2, -0.15) is 0 Å². The summed E-state index contributed by atoms with van der Waals surface area (Å²) in [5, 5.41) is 33.8. The number of carboxylic acid groups (broad SMARTS) is 3. The van der Waals surface area contributed by atoms with Gasteiger partial charge >= 0.3 is 17.9 Å². The van der Waals surface area contributed by atoms with Crippen LogP contribution in [0.4, 0.5) is 0 Å². The molecule has 11 heteroatoms. The molecule has 0 unspecified atom stereocenters. The zero-order chi connectivity index (χ0) is 27.8. The summed E-state index contributed by atoms with van der Waals surface area (Å²) in [5.74, 6) is -4.27. The predicted octanol–water partition coefficient (Wildman–Crippen LogP) is 2.45. The molecule has 2 rings (SSSR count). The Morgan fingerprint density at radius 2 is 1.51 bits per heavy atom. The number of aromatic nitrogens is 1. The van der Waals surface area contributed by atoms with Gasteiger partial charge in [-0.1, -0.05) is 32.0 Å². The molecule has 1 aromatic carbocycles. The van der Waals surface area contributed by atoms with Crippen LogP contribution in [0.2, 0.25) is 0 Å². The van der Waals surface area contributed by atoms with Crippen LogP contribution >= 0.6 is 0 Å². The topological polar surface area (TPSA) is 175 Å². The Morgan fingerprint density at radius 1 is 0.946 bits per heavy atom. The molecule has 11 nitrogen and oxygen atoms in total. The summed E-state index contributed by atoms with van der Waals surface area (Å²) in [6, 6.07) is 11.2. The first-order chi connectivity index (χ1) is 17.5. The van der Waals surface area contributed by atoms with E-state index >= 15 is 0 Å². The highest BCUT2D eigenvalue weighted by Gasteiger charge is 2.40. The number of hydrogen-bond donors (Lipinski definition) is 4. The maximum absolute atomic E-state index is 12.1. The van der Waals surface area contributed by atoms with Crippen molar-refractivity contribution < 1.29 is 44.3 Å². The number of pyridine rings is 1. The van der Waals surface area contributed by atoms with Gasteiger partial charge in [0.1, 0.15) is 12.4 Å². The second-order valence-corrected chi connectivity index (χ2v) is 7.82. The number of benzene rings is 1. The van der Waals surface area contributed by atoms with Crippen molar-refractivity contribution in [1.29, 1.82) is 0 Å². The molecule has 0 aliphatic heterocycles. The number of ketones is 1. The molecular weight excluding hydrogens is 484 g/mol. The molecule has 0 aliphatic carbocycles. The van der Waals surface area contributed by atoms with Crippen molar-refractivity contribution in [2.24, 2.45) is 0 Å². The molecule has 0 saturated heterocycles. The SMILES string of the molecule is CCN(CC)CCOc1ccccc1/C=C/C(=O)c1ccncc1.O=C(O)CC(O)(CC(=O)O)C(=O)O. The number of rotatable bonds is 14. The Bertz CT molecular complexity index is 1050. The number of aliphatic hydroxyl groups is 1. The number of aliphatic carboxylic acids is 3.